The number of alkyl halides is 1. The predicted molar refractivity (Wildman–Crippen MR) is 67.3 cm³/mol. The molecule has 22 heavy (non-hydrogen) atoms. The van der Waals surface area contributed by atoms with E-state index < -0.39 is 41.1 Å². The van der Waals surface area contributed by atoms with Gasteiger partial charge < -0.3 is 10.4 Å². The van der Waals surface area contributed by atoms with E-state index in [2.05, 4.69) is 0 Å². The van der Waals surface area contributed by atoms with Gasteiger partial charge in [0, 0.05) is 5.56 Å². The van der Waals surface area contributed by atoms with Crippen molar-refractivity contribution in [3.63, 3.8) is 0 Å². The van der Waals surface area contributed by atoms with Gasteiger partial charge >= 0.3 is 5.97 Å². The van der Waals surface area contributed by atoms with Crippen LogP contribution in [-0.2, 0) is 4.79 Å². The number of benzene rings is 1. The van der Waals surface area contributed by atoms with E-state index in [-0.39, 0.29) is 11.6 Å². The molecule has 0 aromatic heterocycles. The number of halogens is 4. The summed E-state index contributed by atoms with van der Waals surface area (Å²) in [4.78, 5) is 22.4. The predicted octanol–water partition coefficient (Wildman–Crippen LogP) is 2.80. The minimum Gasteiger partial charge on any atom is -0.480 e. The van der Waals surface area contributed by atoms with Gasteiger partial charge in [0.15, 0.2) is 17.5 Å². The topological polar surface area (TPSA) is 66.4 Å². The molecule has 0 saturated heterocycles. The molecule has 2 N–H and O–H groups in total. The van der Waals surface area contributed by atoms with E-state index in [1.54, 1.807) is 6.07 Å². The van der Waals surface area contributed by atoms with Crippen molar-refractivity contribution in [1.82, 2.24) is 5.32 Å². The molecule has 1 aromatic carbocycles. The third-order valence-corrected chi connectivity index (χ3v) is 3.02. The molecule has 4 nitrogen and oxygen atoms in total. The Balaban J connectivity index is 2.35. The Bertz CT molecular complexity index is 687. The maximum Gasteiger partial charge on any atom is 0.317 e. The second-order valence-corrected chi connectivity index (χ2v) is 4.47. The Morgan fingerprint density at radius 3 is 2.27 bits per heavy atom. The molecule has 0 heterocycles. The first-order chi connectivity index (χ1) is 10.3. The lowest BCUT2D eigenvalue weighted by Gasteiger charge is -2.28. The molecule has 2 atom stereocenters. The van der Waals surface area contributed by atoms with E-state index in [0.717, 1.165) is 0 Å². The van der Waals surface area contributed by atoms with E-state index in [4.69, 9.17) is 5.11 Å². The zero-order valence-electron chi connectivity index (χ0n) is 10.8. The van der Waals surface area contributed by atoms with E-state index in [9.17, 15) is 27.2 Å². The summed E-state index contributed by atoms with van der Waals surface area (Å²) in [5.74, 6) is -15.5. The van der Waals surface area contributed by atoms with E-state index in [1.807, 2.05) is 0 Å². The van der Waals surface area contributed by atoms with Gasteiger partial charge in [-0.3, -0.25) is 9.59 Å². The maximum atomic E-state index is 14.3. The van der Waals surface area contributed by atoms with Crippen LogP contribution in [-0.4, -0.2) is 22.8 Å². The number of hydrogen-bond acceptors (Lipinski definition) is 2. The summed E-state index contributed by atoms with van der Waals surface area (Å²) in [5.41, 5.74) is -0.110. The second kappa shape index (κ2) is 5.63. The van der Waals surface area contributed by atoms with Gasteiger partial charge in [0.25, 0.3) is 11.7 Å². The van der Waals surface area contributed by atoms with Crippen LogP contribution in [0.2, 0.25) is 0 Å². The first-order valence-electron chi connectivity index (χ1n) is 6.00. The van der Waals surface area contributed by atoms with Crippen LogP contribution in [0.5, 0.6) is 0 Å². The normalized spacial score (nSPS) is 24.7. The highest BCUT2D eigenvalue weighted by molar-refractivity contribution is 5.95. The summed E-state index contributed by atoms with van der Waals surface area (Å²) in [6.07, 6.45) is 0.0615. The summed E-state index contributed by atoms with van der Waals surface area (Å²) in [6.45, 7) is 0. The van der Waals surface area contributed by atoms with Crippen LogP contribution < -0.4 is 5.32 Å². The third kappa shape index (κ3) is 2.59. The maximum absolute atomic E-state index is 14.3. The number of rotatable bonds is 3. The van der Waals surface area contributed by atoms with Gasteiger partial charge in [-0.25, -0.2) is 17.6 Å². The van der Waals surface area contributed by atoms with Gasteiger partial charge in [0.2, 0.25) is 0 Å². The summed E-state index contributed by atoms with van der Waals surface area (Å²) < 4.78 is 55.3. The Hall–Kier alpha value is -2.64. The monoisotopic (exact) mass is 315 g/mol. The highest BCUT2D eigenvalue weighted by Crippen LogP contribution is 2.40. The summed E-state index contributed by atoms with van der Waals surface area (Å²) >= 11 is 0. The van der Waals surface area contributed by atoms with E-state index in [0.29, 0.717) is 0 Å². The smallest absolute Gasteiger partial charge is 0.317 e. The SMILES string of the molecule is O=C(NC1(F)C(F)=CC(C(=O)O)C(F)=C1F)c1ccccc1. The molecule has 0 radical (unpaired) electrons. The molecule has 0 saturated carbocycles. The molecule has 0 bridgehead atoms. The second-order valence-electron chi connectivity index (χ2n) is 4.47. The zero-order chi connectivity index (χ0) is 16.5. The number of nitrogens with one attached hydrogen (secondary N) is 1. The van der Waals surface area contributed by atoms with Gasteiger partial charge in [-0.1, -0.05) is 18.2 Å². The molecule has 1 aliphatic carbocycles. The molecule has 0 fully saturated rings. The van der Waals surface area contributed by atoms with Crippen molar-refractivity contribution in [2.24, 2.45) is 5.92 Å². The van der Waals surface area contributed by atoms with Crippen molar-refractivity contribution < 1.29 is 32.3 Å². The highest BCUT2D eigenvalue weighted by Gasteiger charge is 2.50. The molecular weight excluding hydrogens is 306 g/mol. The van der Waals surface area contributed by atoms with Crippen LogP contribution in [0.1, 0.15) is 10.4 Å². The van der Waals surface area contributed by atoms with Crippen molar-refractivity contribution in [3.05, 3.63) is 59.5 Å². The highest BCUT2D eigenvalue weighted by atomic mass is 19.2. The number of carbonyl (C=O) groups is 2. The molecule has 116 valence electrons. The minimum absolute atomic E-state index is 0.0615. The molecule has 0 spiro atoms. The van der Waals surface area contributed by atoms with Crippen molar-refractivity contribution in [1.29, 1.82) is 0 Å². The number of carbonyl (C=O) groups excluding carboxylic acids is 1. The number of carboxylic acids is 1. The molecule has 1 amide bonds. The Labute approximate surface area is 121 Å². The number of carboxylic acid groups (broad SMARTS) is 1. The van der Waals surface area contributed by atoms with Gasteiger partial charge in [-0.15, -0.1) is 0 Å². The fourth-order valence-corrected chi connectivity index (χ4v) is 1.85. The number of aliphatic carboxylic acids is 1. The van der Waals surface area contributed by atoms with Gasteiger partial charge in [0.1, 0.15) is 5.92 Å². The Morgan fingerprint density at radius 1 is 1.14 bits per heavy atom. The molecule has 1 aromatic rings. The van der Waals surface area contributed by atoms with Gasteiger partial charge in [-0.05, 0) is 18.2 Å². The van der Waals surface area contributed by atoms with Crippen LogP contribution in [0, 0.1) is 5.92 Å². The summed E-state index contributed by atoms with van der Waals surface area (Å²) in [5, 5.41) is 10.00. The Morgan fingerprint density at radius 2 is 1.73 bits per heavy atom. The van der Waals surface area contributed by atoms with E-state index >= 15 is 0 Å². The van der Waals surface area contributed by atoms with Crippen molar-refractivity contribution in [3.8, 4) is 0 Å². The lowest BCUT2D eigenvalue weighted by atomic mass is 9.95. The van der Waals surface area contributed by atoms with Crippen LogP contribution in [0.15, 0.2) is 53.9 Å². The molecule has 1 aliphatic rings. The molecule has 0 aliphatic heterocycles. The average Bonchev–Trinajstić information content (AvgIpc) is 2.49. The van der Waals surface area contributed by atoms with Crippen molar-refractivity contribution in [2.45, 2.75) is 5.79 Å². The number of amides is 1. The standard InChI is InChI=1S/C14H9F4NO3/c15-9-6-8(13(21)22)10(16)11(17)14(9,18)19-12(20)7-4-2-1-3-5-7/h1-6,8H,(H,19,20)(H,21,22). The van der Waals surface area contributed by atoms with E-state index in [1.165, 1.54) is 29.6 Å². The minimum atomic E-state index is -3.87. The van der Waals surface area contributed by atoms with Crippen LogP contribution >= 0.6 is 0 Å². The average molecular weight is 315 g/mol. The quantitative estimate of drug-likeness (QED) is 0.666. The zero-order valence-corrected chi connectivity index (χ0v) is 10.8. The summed E-state index contributed by atoms with van der Waals surface area (Å²) in [6, 6.07) is 6.92. The largest absolute Gasteiger partial charge is 0.480 e. The molecule has 2 rings (SSSR count). The lowest BCUT2D eigenvalue weighted by molar-refractivity contribution is -0.139. The van der Waals surface area contributed by atoms with Crippen LogP contribution in [0.4, 0.5) is 17.6 Å². The van der Waals surface area contributed by atoms with Gasteiger partial charge in [0.05, 0.1) is 0 Å². The molecule has 8 heteroatoms. The molecule has 2 unspecified atom stereocenters. The first-order valence-corrected chi connectivity index (χ1v) is 6.00. The third-order valence-electron chi connectivity index (χ3n) is 3.02. The number of hydrogen-bond donors (Lipinski definition) is 2. The lowest BCUT2D eigenvalue weighted by Crippen LogP contribution is -2.48. The first kappa shape index (κ1) is 15.7. The van der Waals surface area contributed by atoms with Crippen LogP contribution in [0.3, 0.4) is 0 Å². The van der Waals surface area contributed by atoms with Crippen LogP contribution in [0.25, 0.3) is 0 Å². The fraction of sp³-hybridized carbons (Fsp3) is 0.143. The Kier molecular flexibility index (Phi) is 4.03. The molecular formula is C14H9F4NO3. The summed E-state index contributed by atoms with van der Waals surface area (Å²) in [7, 11) is 0. The van der Waals surface area contributed by atoms with Crippen molar-refractivity contribution >= 4 is 11.9 Å². The van der Waals surface area contributed by atoms with Gasteiger partial charge in [-0.2, -0.15) is 0 Å². The fourth-order valence-electron chi connectivity index (χ4n) is 1.85. The van der Waals surface area contributed by atoms with Crippen molar-refractivity contribution in [2.75, 3.05) is 0 Å².